The maximum atomic E-state index is 12.3. The van der Waals surface area contributed by atoms with Crippen molar-refractivity contribution < 1.29 is 14.3 Å². The molecule has 4 nitrogen and oxygen atoms in total. The summed E-state index contributed by atoms with van der Waals surface area (Å²) in [4.78, 5) is 23.8. The number of hydrogen-bond donors (Lipinski definition) is 1. The van der Waals surface area contributed by atoms with E-state index in [0.29, 0.717) is 5.57 Å². The van der Waals surface area contributed by atoms with Gasteiger partial charge in [-0.3, -0.25) is 4.79 Å². The largest absolute Gasteiger partial charge is 0.457 e. The Balaban J connectivity index is 2.84. The zero-order valence-electron chi connectivity index (χ0n) is 14.0. The van der Waals surface area contributed by atoms with Gasteiger partial charge in [0.15, 0.2) is 0 Å². The zero-order valence-corrected chi connectivity index (χ0v) is 14.0. The number of rotatable bonds is 8. The van der Waals surface area contributed by atoms with Crippen molar-refractivity contribution in [2.75, 3.05) is 0 Å². The quantitative estimate of drug-likeness (QED) is 0.425. The minimum atomic E-state index is -0.545. The second-order valence-electron chi connectivity index (χ2n) is 6.85. The standard InChI is InChI=1S/C17H29NO3/c1-7-9-10-12(8-2)13(14-15(19)18-14)11(3)16(20)21-17(4,5)6/h12-14H,3,7-10H2,1-2,4-6H3,(H,18,19). The third-order valence-electron chi connectivity index (χ3n) is 3.88. The normalized spacial score (nSPS) is 20.4. The first-order valence-electron chi connectivity index (χ1n) is 7.93. The Morgan fingerprint density at radius 2 is 1.95 bits per heavy atom. The average molecular weight is 295 g/mol. The highest BCUT2D eigenvalue weighted by Gasteiger charge is 2.47. The first-order valence-corrected chi connectivity index (χ1v) is 7.93. The SMILES string of the molecule is C=C(C(=O)OC(C)(C)C)C(C(CC)CCCC)C1NC1=O. The molecule has 0 aromatic rings. The van der Waals surface area contributed by atoms with E-state index in [9.17, 15) is 9.59 Å². The molecule has 1 amide bonds. The lowest BCUT2D eigenvalue weighted by molar-refractivity contribution is -0.150. The third-order valence-corrected chi connectivity index (χ3v) is 3.88. The fourth-order valence-corrected chi connectivity index (χ4v) is 2.71. The molecule has 1 rings (SSSR count). The molecular weight excluding hydrogens is 266 g/mol. The molecule has 0 aromatic heterocycles. The first kappa shape index (κ1) is 17.7. The molecule has 1 saturated heterocycles. The lowest BCUT2D eigenvalue weighted by atomic mass is 9.79. The number of carbonyl (C=O) groups is 2. The van der Waals surface area contributed by atoms with Crippen LogP contribution in [0, 0.1) is 11.8 Å². The van der Waals surface area contributed by atoms with Crippen molar-refractivity contribution in [3.63, 3.8) is 0 Å². The van der Waals surface area contributed by atoms with E-state index in [4.69, 9.17) is 4.74 Å². The van der Waals surface area contributed by atoms with Crippen LogP contribution in [0.1, 0.15) is 60.3 Å². The molecule has 1 fully saturated rings. The summed E-state index contributed by atoms with van der Waals surface area (Å²) in [7, 11) is 0. The van der Waals surface area contributed by atoms with Gasteiger partial charge in [0.25, 0.3) is 0 Å². The molecule has 1 aliphatic heterocycles. The number of unbranched alkanes of at least 4 members (excludes halogenated alkanes) is 1. The van der Waals surface area contributed by atoms with E-state index in [2.05, 4.69) is 25.7 Å². The van der Waals surface area contributed by atoms with Crippen LogP contribution in [0.5, 0.6) is 0 Å². The van der Waals surface area contributed by atoms with Crippen molar-refractivity contribution >= 4 is 11.9 Å². The van der Waals surface area contributed by atoms with Crippen LogP contribution in [0.2, 0.25) is 0 Å². The average Bonchev–Trinajstić information content (AvgIpc) is 3.08. The van der Waals surface area contributed by atoms with Crippen molar-refractivity contribution in [3.05, 3.63) is 12.2 Å². The molecule has 0 spiro atoms. The molecule has 3 unspecified atom stereocenters. The van der Waals surface area contributed by atoms with Crippen molar-refractivity contribution in [3.8, 4) is 0 Å². The number of carbonyl (C=O) groups excluding carboxylic acids is 2. The molecule has 3 atom stereocenters. The molecule has 0 saturated carbocycles. The number of hydrogen-bond acceptors (Lipinski definition) is 3. The van der Waals surface area contributed by atoms with Gasteiger partial charge in [0.2, 0.25) is 5.91 Å². The summed E-state index contributed by atoms with van der Waals surface area (Å²) in [6, 6.07) is -0.258. The molecule has 21 heavy (non-hydrogen) atoms. The zero-order chi connectivity index (χ0) is 16.2. The van der Waals surface area contributed by atoms with Crippen LogP contribution < -0.4 is 5.32 Å². The van der Waals surface area contributed by atoms with Gasteiger partial charge in [0.05, 0.1) is 0 Å². The van der Waals surface area contributed by atoms with Gasteiger partial charge in [0, 0.05) is 11.5 Å². The van der Waals surface area contributed by atoms with Crippen molar-refractivity contribution in [1.82, 2.24) is 5.32 Å². The van der Waals surface area contributed by atoms with Crippen LogP contribution >= 0.6 is 0 Å². The van der Waals surface area contributed by atoms with Crippen LogP contribution in [-0.2, 0) is 14.3 Å². The fraction of sp³-hybridized carbons (Fsp3) is 0.765. The van der Waals surface area contributed by atoms with E-state index >= 15 is 0 Å². The summed E-state index contributed by atoms with van der Waals surface area (Å²) >= 11 is 0. The topological polar surface area (TPSA) is 65.3 Å². The molecule has 1 heterocycles. The first-order chi connectivity index (χ1) is 9.71. The van der Waals surface area contributed by atoms with Gasteiger partial charge in [-0.25, -0.2) is 4.79 Å². The monoisotopic (exact) mass is 295 g/mol. The van der Waals surface area contributed by atoms with Crippen LogP contribution in [0.3, 0.4) is 0 Å². The molecule has 120 valence electrons. The number of nitrogens with one attached hydrogen (secondary N) is 1. The predicted molar refractivity (Wildman–Crippen MR) is 83.7 cm³/mol. The highest BCUT2D eigenvalue weighted by Crippen LogP contribution is 2.35. The molecule has 1 aliphatic rings. The van der Waals surface area contributed by atoms with E-state index in [0.717, 1.165) is 25.7 Å². The fourth-order valence-electron chi connectivity index (χ4n) is 2.71. The van der Waals surface area contributed by atoms with Crippen LogP contribution in [0.4, 0.5) is 0 Å². The Morgan fingerprint density at radius 3 is 2.33 bits per heavy atom. The molecular formula is C17H29NO3. The lowest BCUT2D eigenvalue weighted by Crippen LogP contribution is -2.32. The summed E-state index contributed by atoms with van der Waals surface area (Å²) in [5, 5.41) is 2.81. The van der Waals surface area contributed by atoms with Gasteiger partial charge >= 0.3 is 5.97 Å². The van der Waals surface area contributed by atoms with Crippen molar-refractivity contribution in [2.45, 2.75) is 71.9 Å². The molecule has 1 N–H and O–H groups in total. The molecule has 4 heteroatoms. The Hall–Kier alpha value is -1.32. The minimum absolute atomic E-state index is 0.0136. The van der Waals surface area contributed by atoms with E-state index in [1.807, 2.05) is 20.8 Å². The smallest absolute Gasteiger partial charge is 0.334 e. The van der Waals surface area contributed by atoms with Gasteiger partial charge in [-0.2, -0.15) is 0 Å². The van der Waals surface area contributed by atoms with Gasteiger partial charge in [-0.1, -0.05) is 39.7 Å². The van der Waals surface area contributed by atoms with Gasteiger partial charge in [0.1, 0.15) is 11.6 Å². The predicted octanol–water partition coefficient (Wildman–Crippen LogP) is 3.22. The van der Waals surface area contributed by atoms with E-state index < -0.39 is 5.60 Å². The van der Waals surface area contributed by atoms with Crippen LogP contribution in [0.25, 0.3) is 0 Å². The second kappa shape index (κ2) is 7.10. The highest BCUT2D eigenvalue weighted by molar-refractivity contribution is 6.00. The molecule has 0 bridgehead atoms. The van der Waals surface area contributed by atoms with Gasteiger partial charge in [-0.05, 0) is 33.1 Å². The molecule has 0 radical (unpaired) electrons. The summed E-state index contributed by atoms with van der Waals surface area (Å²) in [5.41, 5.74) is -0.118. The highest BCUT2D eigenvalue weighted by atomic mass is 16.6. The van der Waals surface area contributed by atoms with E-state index in [1.54, 1.807) is 0 Å². The van der Waals surface area contributed by atoms with Crippen molar-refractivity contribution in [2.24, 2.45) is 11.8 Å². The third kappa shape index (κ3) is 5.18. The minimum Gasteiger partial charge on any atom is -0.457 e. The van der Waals surface area contributed by atoms with Crippen LogP contribution in [-0.4, -0.2) is 23.5 Å². The van der Waals surface area contributed by atoms with E-state index in [-0.39, 0.29) is 29.8 Å². The lowest BCUT2D eigenvalue weighted by Gasteiger charge is -2.28. The van der Waals surface area contributed by atoms with E-state index in [1.165, 1.54) is 0 Å². The van der Waals surface area contributed by atoms with Gasteiger partial charge in [-0.15, -0.1) is 0 Å². The Morgan fingerprint density at radius 1 is 1.38 bits per heavy atom. The Labute approximate surface area is 128 Å². The maximum Gasteiger partial charge on any atom is 0.334 e. The van der Waals surface area contributed by atoms with Gasteiger partial charge < -0.3 is 10.1 Å². The summed E-state index contributed by atoms with van der Waals surface area (Å²) < 4.78 is 5.42. The Kier molecular flexibility index (Phi) is 5.99. The Bertz CT molecular complexity index is 409. The second-order valence-corrected chi connectivity index (χ2v) is 6.85. The summed E-state index contributed by atoms with van der Waals surface area (Å²) in [6.07, 6.45) is 4.13. The molecule has 0 aromatic carbocycles. The molecule has 0 aliphatic carbocycles. The number of ether oxygens (including phenoxy) is 1. The van der Waals surface area contributed by atoms with Crippen LogP contribution in [0.15, 0.2) is 12.2 Å². The number of amides is 1. The summed E-state index contributed by atoms with van der Waals surface area (Å²) in [6.45, 7) is 13.7. The number of esters is 1. The van der Waals surface area contributed by atoms with Crippen molar-refractivity contribution in [1.29, 1.82) is 0 Å². The summed E-state index contributed by atoms with van der Waals surface area (Å²) in [5.74, 6) is -0.235. The maximum absolute atomic E-state index is 12.3.